The van der Waals surface area contributed by atoms with Crippen LogP contribution in [0.3, 0.4) is 0 Å². The summed E-state index contributed by atoms with van der Waals surface area (Å²) in [4.78, 5) is 24.0. The van der Waals surface area contributed by atoms with Gasteiger partial charge in [0.2, 0.25) is 5.91 Å². The molecule has 1 aliphatic carbocycles. The minimum atomic E-state index is -0.995. The molecule has 0 saturated heterocycles. The molecule has 1 fully saturated rings. The second-order valence-electron chi connectivity index (χ2n) is 4.84. The molecule has 0 unspecified atom stereocenters. The number of aliphatic carboxylic acids is 1. The third kappa shape index (κ3) is 4.42. The minimum absolute atomic E-state index is 0.00112. The summed E-state index contributed by atoms with van der Waals surface area (Å²) in [6, 6.07) is 3.60. The number of halogens is 2. The molecule has 4 nitrogen and oxygen atoms in total. The molecule has 1 aromatic rings. The first-order valence-electron chi connectivity index (χ1n) is 6.51. The lowest BCUT2D eigenvalue weighted by molar-refractivity contribution is -0.133. The normalized spacial score (nSPS) is 14.0. The molecule has 1 N–H and O–H groups in total. The summed E-state index contributed by atoms with van der Waals surface area (Å²) >= 11 is 0.984. The van der Waals surface area contributed by atoms with E-state index >= 15 is 0 Å². The lowest BCUT2D eigenvalue weighted by atomic mass is 10.2. The van der Waals surface area contributed by atoms with Crippen molar-refractivity contribution < 1.29 is 23.5 Å². The lowest BCUT2D eigenvalue weighted by Crippen LogP contribution is -2.34. The Morgan fingerprint density at radius 1 is 1.24 bits per heavy atom. The zero-order valence-corrected chi connectivity index (χ0v) is 12.0. The number of nitrogens with zero attached hydrogens (tertiary/aromatic N) is 1. The van der Waals surface area contributed by atoms with E-state index in [9.17, 15) is 18.4 Å². The van der Waals surface area contributed by atoms with Gasteiger partial charge < -0.3 is 10.0 Å². The Morgan fingerprint density at radius 2 is 1.86 bits per heavy atom. The van der Waals surface area contributed by atoms with Crippen LogP contribution in [0.25, 0.3) is 0 Å². The fourth-order valence-electron chi connectivity index (χ4n) is 1.97. The van der Waals surface area contributed by atoms with Crippen molar-refractivity contribution in [2.24, 2.45) is 0 Å². The smallest absolute Gasteiger partial charge is 0.313 e. The van der Waals surface area contributed by atoms with Gasteiger partial charge in [-0.2, -0.15) is 0 Å². The highest BCUT2D eigenvalue weighted by Crippen LogP contribution is 2.30. The Balaban J connectivity index is 2.02. The maximum Gasteiger partial charge on any atom is 0.313 e. The van der Waals surface area contributed by atoms with E-state index in [1.807, 2.05) is 0 Å². The quantitative estimate of drug-likeness (QED) is 0.838. The third-order valence-electron chi connectivity index (χ3n) is 3.15. The summed E-state index contributed by atoms with van der Waals surface area (Å²) in [6.07, 6.45) is 1.62. The second-order valence-corrected chi connectivity index (χ2v) is 5.83. The molecule has 0 bridgehead atoms. The maximum absolute atomic E-state index is 13.7. The van der Waals surface area contributed by atoms with Gasteiger partial charge >= 0.3 is 5.97 Å². The molecule has 1 saturated carbocycles. The number of carbonyl (C=O) groups is 2. The van der Waals surface area contributed by atoms with Gasteiger partial charge in [0.25, 0.3) is 0 Å². The van der Waals surface area contributed by atoms with Gasteiger partial charge in [0, 0.05) is 11.6 Å². The molecule has 7 heteroatoms. The van der Waals surface area contributed by atoms with Crippen LogP contribution in [0.1, 0.15) is 18.4 Å². The molecule has 0 aliphatic heterocycles. The Hall–Kier alpha value is -1.63. The van der Waals surface area contributed by atoms with Gasteiger partial charge in [-0.1, -0.05) is 6.07 Å². The maximum atomic E-state index is 13.7. The first-order valence-corrected chi connectivity index (χ1v) is 7.66. The number of amides is 1. The molecule has 114 valence electrons. The van der Waals surface area contributed by atoms with Gasteiger partial charge in [-0.3, -0.25) is 9.59 Å². The van der Waals surface area contributed by atoms with Crippen LogP contribution in [0.5, 0.6) is 0 Å². The average Bonchev–Trinajstić information content (AvgIpc) is 3.22. The van der Waals surface area contributed by atoms with Crippen molar-refractivity contribution in [1.82, 2.24) is 4.90 Å². The summed E-state index contributed by atoms with van der Waals surface area (Å²) in [7, 11) is 0. The summed E-state index contributed by atoms with van der Waals surface area (Å²) in [6.45, 7) is -0.115. The van der Waals surface area contributed by atoms with Gasteiger partial charge in [0.1, 0.15) is 11.6 Å². The van der Waals surface area contributed by atoms with Crippen molar-refractivity contribution in [3.05, 3.63) is 35.4 Å². The second kappa shape index (κ2) is 6.89. The molecule has 1 amide bonds. The number of carboxylic acids is 1. The van der Waals surface area contributed by atoms with Crippen molar-refractivity contribution in [3.8, 4) is 0 Å². The molecule has 1 aliphatic rings. The van der Waals surface area contributed by atoms with Crippen LogP contribution in [0, 0.1) is 11.6 Å². The van der Waals surface area contributed by atoms with Crippen LogP contribution < -0.4 is 0 Å². The highest BCUT2D eigenvalue weighted by Gasteiger charge is 2.33. The monoisotopic (exact) mass is 315 g/mol. The third-order valence-corrected chi connectivity index (χ3v) is 4.05. The minimum Gasteiger partial charge on any atom is -0.481 e. The summed E-state index contributed by atoms with van der Waals surface area (Å²) in [5, 5.41) is 8.55. The van der Waals surface area contributed by atoms with Gasteiger partial charge in [0.05, 0.1) is 18.1 Å². The predicted molar refractivity (Wildman–Crippen MR) is 74.9 cm³/mol. The summed E-state index contributed by atoms with van der Waals surface area (Å²) in [5.41, 5.74) is -0.124. The van der Waals surface area contributed by atoms with Gasteiger partial charge in [-0.15, -0.1) is 11.8 Å². The standard InChI is InChI=1S/C14H15F2NO3S/c15-11-2-1-3-12(16)10(11)6-17(9-4-5-9)13(18)7-21-8-14(19)20/h1-3,9H,4-8H2,(H,19,20). The molecule has 0 radical (unpaired) electrons. The van der Waals surface area contributed by atoms with E-state index in [1.165, 1.54) is 11.0 Å². The van der Waals surface area contributed by atoms with Crippen LogP contribution >= 0.6 is 11.8 Å². The van der Waals surface area contributed by atoms with Crippen LogP contribution in [-0.4, -0.2) is 39.4 Å². The Labute approximate surface area is 125 Å². The van der Waals surface area contributed by atoms with E-state index in [-0.39, 0.29) is 35.6 Å². The van der Waals surface area contributed by atoms with E-state index in [0.717, 1.165) is 36.7 Å². The number of benzene rings is 1. The van der Waals surface area contributed by atoms with Crippen molar-refractivity contribution in [3.63, 3.8) is 0 Å². The number of carbonyl (C=O) groups excluding carboxylic acids is 1. The molecule has 0 aromatic heterocycles. The number of thioether (sulfide) groups is 1. The topological polar surface area (TPSA) is 57.6 Å². The first-order chi connectivity index (χ1) is 9.99. The first kappa shape index (κ1) is 15.8. The largest absolute Gasteiger partial charge is 0.481 e. The molecular weight excluding hydrogens is 300 g/mol. The predicted octanol–water partition coefficient (Wildman–Crippen LogP) is 2.27. The van der Waals surface area contributed by atoms with Crippen LogP contribution in [0.4, 0.5) is 8.78 Å². The van der Waals surface area contributed by atoms with Gasteiger partial charge in [-0.25, -0.2) is 8.78 Å². The highest BCUT2D eigenvalue weighted by atomic mass is 32.2. The Morgan fingerprint density at radius 3 is 2.38 bits per heavy atom. The highest BCUT2D eigenvalue weighted by molar-refractivity contribution is 8.00. The molecule has 21 heavy (non-hydrogen) atoms. The molecule has 0 spiro atoms. The number of carboxylic acid groups (broad SMARTS) is 1. The fraction of sp³-hybridized carbons (Fsp3) is 0.429. The van der Waals surface area contributed by atoms with Crippen LogP contribution in [0.2, 0.25) is 0 Å². The van der Waals surface area contributed by atoms with Crippen LogP contribution in [-0.2, 0) is 16.1 Å². The summed E-state index contributed by atoms with van der Waals surface area (Å²) in [5.74, 6) is -2.80. The van der Waals surface area contributed by atoms with E-state index < -0.39 is 17.6 Å². The summed E-state index contributed by atoms with van der Waals surface area (Å²) < 4.78 is 27.3. The van der Waals surface area contributed by atoms with E-state index in [1.54, 1.807) is 0 Å². The van der Waals surface area contributed by atoms with Gasteiger partial charge in [0.15, 0.2) is 0 Å². The van der Waals surface area contributed by atoms with Crippen molar-refractivity contribution >= 4 is 23.6 Å². The van der Waals surface area contributed by atoms with E-state index in [2.05, 4.69) is 0 Å². The van der Waals surface area contributed by atoms with Crippen molar-refractivity contribution in [1.29, 1.82) is 0 Å². The molecule has 1 aromatic carbocycles. The SMILES string of the molecule is O=C(O)CSCC(=O)N(Cc1c(F)cccc1F)C1CC1. The number of hydrogen-bond acceptors (Lipinski definition) is 3. The Bertz CT molecular complexity index is 529. The molecule has 0 heterocycles. The van der Waals surface area contributed by atoms with Crippen molar-refractivity contribution in [2.75, 3.05) is 11.5 Å². The van der Waals surface area contributed by atoms with E-state index in [4.69, 9.17) is 5.11 Å². The lowest BCUT2D eigenvalue weighted by Gasteiger charge is -2.23. The molecule has 2 rings (SSSR count). The number of hydrogen-bond donors (Lipinski definition) is 1. The molecule has 0 atom stereocenters. The Kier molecular flexibility index (Phi) is 5.17. The zero-order valence-electron chi connectivity index (χ0n) is 11.2. The van der Waals surface area contributed by atoms with E-state index in [0.29, 0.717) is 0 Å². The average molecular weight is 315 g/mol. The van der Waals surface area contributed by atoms with Crippen LogP contribution in [0.15, 0.2) is 18.2 Å². The fourth-order valence-corrected chi connectivity index (χ4v) is 2.59. The molecular formula is C14H15F2NO3S. The zero-order chi connectivity index (χ0) is 15.4. The van der Waals surface area contributed by atoms with Crippen molar-refractivity contribution in [2.45, 2.75) is 25.4 Å². The van der Waals surface area contributed by atoms with Gasteiger partial charge in [-0.05, 0) is 25.0 Å². The number of rotatable bonds is 7.